The van der Waals surface area contributed by atoms with Gasteiger partial charge in [-0.05, 0) is 36.2 Å². The Morgan fingerprint density at radius 2 is 2.23 bits per heavy atom. The molecule has 70 valence electrons. The van der Waals surface area contributed by atoms with Gasteiger partial charge >= 0.3 is 0 Å². The summed E-state index contributed by atoms with van der Waals surface area (Å²) >= 11 is 0. The van der Waals surface area contributed by atoms with Crippen molar-refractivity contribution in [2.24, 2.45) is 0 Å². The Bertz CT molecular complexity index is 325. The fourth-order valence-electron chi connectivity index (χ4n) is 1.67. The summed E-state index contributed by atoms with van der Waals surface area (Å²) in [5.74, 6) is -0.289. The third-order valence-electron chi connectivity index (χ3n) is 2.43. The zero-order valence-corrected chi connectivity index (χ0v) is 7.31. The van der Waals surface area contributed by atoms with E-state index in [1.165, 1.54) is 0 Å². The lowest BCUT2D eigenvalue weighted by Gasteiger charge is -2.17. The predicted molar refractivity (Wildman–Crippen MR) is 47.7 cm³/mol. The van der Waals surface area contributed by atoms with Crippen molar-refractivity contribution in [2.75, 3.05) is 6.54 Å². The first-order valence-electron chi connectivity index (χ1n) is 4.43. The Kier molecular flexibility index (Phi) is 2.29. The zero-order valence-electron chi connectivity index (χ0n) is 7.31. The maximum atomic E-state index is 13.2. The number of aliphatic hydroxyl groups excluding tert-OH is 1. The molecule has 0 radical (unpaired) electrons. The van der Waals surface area contributed by atoms with Gasteiger partial charge in [-0.25, -0.2) is 4.39 Å². The molecule has 2 N–H and O–H groups in total. The SMILES string of the molecule is OCc1cc2c(cc1F)CCNC2. The number of aliphatic hydroxyl groups is 1. The summed E-state index contributed by atoms with van der Waals surface area (Å²) in [4.78, 5) is 0. The second-order valence-electron chi connectivity index (χ2n) is 3.30. The molecule has 0 atom stereocenters. The Hall–Kier alpha value is -0.930. The molecule has 0 amide bonds. The number of halogens is 1. The molecule has 0 aromatic heterocycles. The third-order valence-corrected chi connectivity index (χ3v) is 2.43. The molecule has 0 spiro atoms. The van der Waals surface area contributed by atoms with E-state index in [-0.39, 0.29) is 12.4 Å². The van der Waals surface area contributed by atoms with Crippen molar-refractivity contribution in [3.63, 3.8) is 0 Å². The Labute approximate surface area is 76.4 Å². The van der Waals surface area contributed by atoms with E-state index < -0.39 is 0 Å². The first-order chi connectivity index (χ1) is 6.31. The van der Waals surface area contributed by atoms with Gasteiger partial charge < -0.3 is 10.4 Å². The average molecular weight is 181 g/mol. The standard InChI is InChI=1S/C10H12FNO/c11-10-4-7-1-2-12-5-8(7)3-9(10)6-13/h3-4,12-13H,1-2,5-6H2. The van der Waals surface area contributed by atoms with E-state index in [1.807, 2.05) is 0 Å². The van der Waals surface area contributed by atoms with Crippen molar-refractivity contribution in [2.45, 2.75) is 19.6 Å². The number of nitrogens with one attached hydrogen (secondary N) is 1. The van der Waals surface area contributed by atoms with Gasteiger partial charge in [0.25, 0.3) is 0 Å². The first-order valence-corrected chi connectivity index (χ1v) is 4.43. The van der Waals surface area contributed by atoms with E-state index in [0.717, 1.165) is 30.6 Å². The molecular formula is C10H12FNO. The van der Waals surface area contributed by atoms with E-state index in [2.05, 4.69) is 5.32 Å². The van der Waals surface area contributed by atoms with Gasteiger partial charge in [0.2, 0.25) is 0 Å². The minimum Gasteiger partial charge on any atom is -0.392 e. The lowest BCUT2D eigenvalue weighted by atomic mass is 9.98. The van der Waals surface area contributed by atoms with Crippen molar-refractivity contribution in [1.82, 2.24) is 5.32 Å². The highest BCUT2D eigenvalue weighted by Crippen LogP contribution is 2.18. The van der Waals surface area contributed by atoms with Gasteiger partial charge in [-0.1, -0.05) is 0 Å². The van der Waals surface area contributed by atoms with E-state index in [1.54, 1.807) is 12.1 Å². The quantitative estimate of drug-likeness (QED) is 0.676. The minimum absolute atomic E-state index is 0.223. The number of rotatable bonds is 1. The highest BCUT2D eigenvalue weighted by Gasteiger charge is 2.12. The Balaban J connectivity index is 2.44. The molecular weight excluding hydrogens is 169 g/mol. The summed E-state index contributed by atoms with van der Waals surface area (Å²) in [6.07, 6.45) is 0.873. The number of fused-ring (bicyclic) bond motifs is 1. The molecule has 2 nitrogen and oxygen atoms in total. The second kappa shape index (κ2) is 3.44. The van der Waals surface area contributed by atoms with Crippen molar-refractivity contribution >= 4 is 0 Å². The Morgan fingerprint density at radius 1 is 1.38 bits per heavy atom. The van der Waals surface area contributed by atoms with Crippen LogP contribution in [0.15, 0.2) is 12.1 Å². The van der Waals surface area contributed by atoms with Crippen molar-refractivity contribution in [3.05, 3.63) is 34.6 Å². The fourth-order valence-corrected chi connectivity index (χ4v) is 1.67. The number of benzene rings is 1. The molecule has 1 aromatic rings. The molecule has 1 heterocycles. The third kappa shape index (κ3) is 1.57. The monoisotopic (exact) mass is 181 g/mol. The fraction of sp³-hybridized carbons (Fsp3) is 0.400. The molecule has 1 aromatic carbocycles. The van der Waals surface area contributed by atoms with Crippen LogP contribution in [0.2, 0.25) is 0 Å². The highest BCUT2D eigenvalue weighted by atomic mass is 19.1. The predicted octanol–water partition coefficient (Wildman–Crippen LogP) is 0.964. The number of hydrogen-bond acceptors (Lipinski definition) is 2. The van der Waals surface area contributed by atoms with Gasteiger partial charge in [-0.15, -0.1) is 0 Å². The zero-order chi connectivity index (χ0) is 9.26. The van der Waals surface area contributed by atoms with Crippen molar-refractivity contribution < 1.29 is 9.50 Å². The Morgan fingerprint density at radius 3 is 3.00 bits per heavy atom. The molecule has 0 fully saturated rings. The highest BCUT2D eigenvalue weighted by molar-refractivity contribution is 5.34. The molecule has 0 saturated carbocycles. The van der Waals surface area contributed by atoms with Crippen LogP contribution < -0.4 is 5.32 Å². The molecule has 3 heteroatoms. The molecule has 0 unspecified atom stereocenters. The van der Waals surface area contributed by atoms with Gasteiger partial charge in [-0.3, -0.25) is 0 Å². The summed E-state index contributed by atoms with van der Waals surface area (Å²) in [5.41, 5.74) is 2.56. The van der Waals surface area contributed by atoms with Gasteiger partial charge in [-0.2, -0.15) is 0 Å². The van der Waals surface area contributed by atoms with Crippen LogP contribution in [-0.2, 0) is 19.6 Å². The molecule has 13 heavy (non-hydrogen) atoms. The molecule has 0 bridgehead atoms. The maximum Gasteiger partial charge on any atom is 0.129 e. The maximum absolute atomic E-state index is 13.2. The molecule has 0 aliphatic carbocycles. The molecule has 1 aliphatic heterocycles. The summed E-state index contributed by atoms with van der Waals surface area (Å²) in [6.45, 7) is 1.46. The van der Waals surface area contributed by atoms with Crippen LogP contribution in [-0.4, -0.2) is 11.7 Å². The largest absolute Gasteiger partial charge is 0.392 e. The summed E-state index contributed by atoms with van der Waals surface area (Å²) in [7, 11) is 0. The molecule has 2 rings (SSSR count). The van der Waals surface area contributed by atoms with E-state index in [0.29, 0.717) is 5.56 Å². The van der Waals surface area contributed by atoms with Crippen LogP contribution >= 0.6 is 0 Å². The average Bonchev–Trinajstić information content (AvgIpc) is 2.17. The van der Waals surface area contributed by atoms with Crippen LogP contribution in [0.5, 0.6) is 0 Å². The van der Waals surface area contributed by atoms with E-state index in [4.69, 9.17) is 5.11 Å². The van der Waals surface area contributed by atoms with E-state index in [9.17, 15) is 4.39 Å². The van der Waals surface area contributed by atoms with Crippen LogP contribution in [0, 0.1) is 5.82 Å². The van der Waals surface area contributed by atoms with Crippen LogP contribution in [0.1, 0.15) is 16.7 Å². The van der Waals surface area contributed by atoms with Gasteiger partial charge in [0, 0.05) is 12.1 Å². The lowest BCUT2D eigenvalue weighted by molar-refractivity contribution is 0.275. The summed E-state index contributed by atoms with van der Waals surface area (Å²) in [5, 5.41) is 12.1. The summed E-state index contributed by atoms with van der Waals surface area (Å²) in [6, 6.07) is 3.29. The van der Waals surface area contributed by atoms with E-state index >= 15 is 0 Å². The van der Waals surface area contributed by atoms with Crippen LogP contribution in [0.25, 0.3) is 0 Å². The summed E-state index contributed by atoms with van der Waals surface area (Å²) < 4.78 is 13.2. The van der Waals surface area contributed by atoms with Crippen molar-refractivity contribution in [1.29, 1.82) is 0 Å². The lowest BCUT2D eigenvalue weighted by Crippen LogP contribution is -2.24. The van der Waals surface area contributed by atoms with Crippen LogP contribution in [0.4, 0.5) is 4.39 Å². The normalized spacial score (nSPS) is 15.5. The molecule has 0 saturated heterocycles. The van der Waals surface area contributed by atoms with Gasteiger partial charge in [0.05, 0.1) is 6.61 Å². The smallest absolute Gasteiger partial charge is 0.129 e. The second-order valence-corrected chi connectivity index (χ2v) is 3.30. The minimum atomic E-state index is -0.289. The van der Waals surface area contributed by atoms with Crippen molar-refractivity contribution in [3.8, 4) is 0 Å². The van der Waals surface area contributed by atoms with Gasteiger partial charge in [0.15, 0.2) is 0 Å². The first kappa shape index (κ1) is 8.66. The topological polar surface area (TPSA) is 32.3 Å². The van der Waals surface area contributed by atoms with Crippen LogP contribution in [0.3, 0.4) is 0 Å². The number of hydrogen-bond donors (Lipinski definition) is 2. The van der Waals surface area contributed by atoms with Gasteiger partial charge in [0.1, 0.15) is 5.82 Å². The molecule has 1 aliphatic rings.